The molecule has 0 unspecified atom stereocenters. The second kappa shape index (κ2) is 3.14. The average Bonchev–Trinajstić information content (AvgIpc) is 2.53. The Balaban J connectivity index is 2.52. The van der Waals surface area contributed by atoms with Crippen molar-refractivity contribution in [3.05, 3.63) is 35.6 Å². The van der Waals surface area contributed by atoms with Gasteiger partial charge in [0.2, 0.25) is 0 Å². The Morgan fingerprint density at radius 2 is 2.31 bits per heavy atom. The molecule has 0 aromatic carbocycles. The summed E-state index contributed by atoms with van der Waals surface area (Å²) < 4.78 is 1.62. The monoisotopic (exact) mass is 194 g/mol. The number of aryl methyl sites for hydroxylation is 1. The van der Waals surface area contributed by atoms with Crippen LogP contribution in [0, 0.1) is 6.92 Å². The summed E-state index contributed by atoms with van der Waals surface area (Å²) in [4.78, 5) is 7.89. The normalized spacial score (nSPS) is 10.3. The van der Waals surface area contributed by atoms with Gasteiger partial charge in [-0.15, -0.1) is 0 Å². The Morgan fingerprint density at radius 3 is 2.92 bits per heavy atom. The molecule has 13 heavy (non-hydrogen) atoms. The van der Waals surface area contributed by atoms with Gasteiger partial charge < -0.3 is 0 Å². The molecule has 0 spiro atoms. The van der Waals surface area contributed by atoms with Crippen LogP contribution in [0.1, 0.15) is 5.82 Å². The molecule has 0 atom stereocenters. The van der Waals surface area contributed by atoms with Crippen molar-refractivity contribution >= 4 is 11.6 Å². The highest BCUT2D eigenvalue weighted by atomic mass is 35.5. The lowest BCUT2D eigenvalue weighted by molar-refractivity contribution is 0.860. The molecule has 0 saturated carbocycles. The van der Waals surface area contributed by atoms with Crippen LogP contribution in [0.15, 0.2) is 24.8 Å². The molecule has 2 aromatic heterocycles. The van der Waals surface area contributed by atoms with Gasteiger partial charge in [-0.2, -0.15) is 5.10 Å². The van der Waals surface area contributed by atoms with Gasteiger partial charge in [0.25, 0.3) is 0 Å². The van der Waals surface area contributed by atoms with Gasteiger partial charge in [-0.25, -0.2) is 9.67 Å². The smallest absolute Gasteiger partial charge is 0.147 e. The molecule has 2 rings (SSSR count). The molecule has 0 radical (unpaired) electrons. The van der Waals surface area contributed by atoms with E-state index in [1.807, 2.05) is 6.92 Å². The summed E-state index contributed by atoms with van der Waals surface area (Å²) in [5.41, 5.74) is 0.789. The number of halogens is 1. The molecule has 4 nitrogen and oxygen atoms in total. The molecule has 0 aliphatic rings. The summed E-state index contributed by atoms with van der Waals surface area (Å²) in [6.45, 7) is 1.82. The first kappa shape index (κ1) is 8.19. The molecule has 66 valence electrons. The van der Waals surface area contributed by atoms with Crippen molar-refractivity contribution in [2.75, 3.05) is 0 Å². The summed E-state index contributed by atoms with van der Waals surface area (Å²) in [6, 6.07) is 1.79. The third-order valence-corrected chi connectivity index (χ3v) is 1.90. The minimum Gasteiger partial charge on any atom is -0.263 e. The molecular weight excluding hydrogens is 188 g/mol. The van der Waals surface area contributed by atoms with Crippen molar-refractivity contribution in [1.82, 2.24) is 19.7 Å². The van der Waals surface area contributed by atoms with Gasteiger partial charge in [0, 0.05) is 12.4 Å². The summed E-state index contributed by atoms with van der Waals surface area (Å²) in [7, 11) is 0. The van der Waals surface area contributed by atoms with E-state index in [9.17, 15) is 0 Å². The Bertz CT molecular complexity index is 424. The number of pyridine rings is 1. The third kappa shape index (κ3) is 1.53. The summed E-state index contributed by atoms with van der Waals surface area (Å²) >= 11 is 5.92. The van der Waals surface area contributed by atoms with Crippen LogP contribution in [0.5, 0.6) is 0 Å². The molecule has 5 heteroatoms. The molecule has 0 bridgehead atoms. The lowest BCUT2D eigenvalue weighted by Gasteiger charge is -2.00. The summed E-state index contributed by atoms with van der Waals surface area (Å²) in [5.74, 6) is 0.716. The van der Waals surface area contributed by atoms with Crippen LogP contribution >= 0.6 is 11.6 Å². The highest BCUT2D eigenvalue weighted by molar-refractivity contribution is 6.32. The predicted molar refractivity (Wildman–Crippen MR) is 48.9 cm³/mol. The van der Waals surface area contributed by atoms with E-state index in [4.69, 9.17) is 11.6 Å². The van der Waals surface area contributed by atoms with Gasteiger partial charge in [0.05, 0.1) is 10.7 Å². The maximum absolute atomic E-state index is 5.92. The highest BCUT2D eigenvalue weighted by Crippen LogP contribution is 2.16. The fourth-order valence-electron chi connectivity index (χ4n) is 1.02. The largest absolute Gasteiger partial charge is 0.263 e. The van der Waals surface area contributed by atoms with Crippen LogP contribution < -0.4 is 0 Å². The molecule has 0 N–H and O–H groups in total. The number of hydrogen-bond donors (Lipinski definition) is 0. The van der Waals surface area contributed by atoms with E-state index >= 15 is 0 Å². The van der Waals surface area contributed by atoms with Gasteiger partial charge >= 0.3 is 0 Å². The maximum Gasteiger partial charge on any atom is 0.147 e. The van der Waals surface area contributed by atoms with E-state index in [0.717, 1.165) is 5.69 Å². The second-order valence-corrected chi connectivity index (χ2v) is 2.97. The van der Waals surface area contributed by atoms with E-state index in [1.165, 1.54) is 0 Å². The van der Waals surface area contributed by atoms with Crippen LogP contribution in [0.25, 0.3) is 5.69 Å². The van der Waals surface area contributed by atoms with E-state index in [1.54, 1.807) is 29.5 Å². The van der Waals surface area contributed by atoms with Crippen molar-refractivity contribution in [2.45, 2.75) is 6.92 Å². The standard InChI is InChI=1S/C8H7ClN4/c1-6-11-5-13(12-6)8-2-3-10-4-7(8)9/h2-5H,1H3. The first-order chi connectivity index (χ1) is 6.27. The SMILES string of the molecule is Cc1ncn(-c2ccncc2Cl)n1. The maximum atomic E-state index is 5.92. The number of rotatable bonds is 1. The molecule has 2 heterocycles. The van der Waals surface area contributed by atoms with E-state index in [0.29, 0.717) is 10.8 Å². The summed E-state index contributed by atoms with van der Waals surface area (Å²) in [5, 5.41) is 4.70. The first-order valence-electron chi connectivity index (χ1n) is 3.75. The van der Waals surface area contributed by atoms with Crippen LogP contribution in [-0.4, -0.2) is 19.7 Å². The van der Waals surface area contributed by atoms with E-state index < -0.39 is 0 Å². The number of hydrogen-bond acceptors (Lipinski definition) is 3. The Kier molecular flexibility index (Phi) is 1.98. The molecule has 0 aliphatic carbocycles. The van der Waals surface area contributed by atoms with Crippen LogP contribution in [0.2, 0.25) is 5.02 Å². The van der Waals surface area contributed by atoms with Gasteiger partial charge in [0.15, 0.2) is 0 Å². The molecular formula is C8H7ClN4. The third-order valence-electron chi connectivity index (χ3n) is 1.60. The van der Waals surface area contributed by atoms with Gasteiger partial charge in [-0.1, -0.05) is 11.6 Å². The minimum atomic E-state index is 0.562. The Hall–Kier alpha value is -1.42. The molecule has 0 saturated heterocycles. The van der Waals surface area contributed by atoms with Crippen LogP contribution in [-0.2, 0) is 0 Å². The fourth-order valence-corrected chi connectivity index (χ4v) is 1.22. The van der Waals surface area contributed by atoms with Gasteiger partial charge in [0.1, 0.15) is 12.2 Å². The van der Waals surface area contributed by atoms with Gasteiger partial charge in [-0.05, 0) is 13.0 Å². The van der Waals surface area contributed by atoms with Crippen molar-refractivity contribution in [3.8, 4) is 5.69 Å². The fraction of sp³-hybridized carbons (Fsp3) is 0.125. The number of aromatic nitrogens is 4. The lowest BCUT2D eigenvalue weighted by Crippen LogP contribution is -1.96. The van der Waals surface area contributed by atoms with Crippen LogP contribution in [0.4, 0.5) is 0 Å². The Morgan fingerprint density at radius 1 is 1.46 bits per heavy atom. The Labute approximate surface area is 80.2 Å². The van der Waals surface area contributed by atoms with E-state index in [-0.39, 0.29) is 0 Å². The van der Waals surface area contributed by atoms with Crippen molar-refractivity contribution < 1.29 is 0 Å². The average molecular weight is 195 g/mol. The van der Waals surface area contributed by atoms with Crippen molar-refractivity contribution in [3.63, 3.8) is 0 Å². The first-order valence-corrected chi connectivity index (χ1v) is 4.13. The van der Waals surface area contributed by atoms with E-state index in [2.05, 4.69) is 15.1 Å². The molecule has 2 aromatic rings. The van der Waals surface area contributed by atoms with Crippen LogP contribution in [0.3, 0.4) is 0 Å². The highest BCUT2D eigenvalue weighted by Gasteiger charge is 2.02. The topological polar surface area (TPSA) is 43.6 Å². The van der Waals surface area contributed by atoms with Gasteiger partial charge in [-0.3, -0.25) is 4.98 Å². The number of nitrogens with zero attached hydrogens (tertiary/aromatic N) is 4. The molecule has 0 aliphatic heterocycles. The molecule has 0 fully saturated rings. The summed E-state index contributed by atoms with van der Waals surface area (Å²) in [6.07, 6.45) is 4.86. The quantitative estimate of drug-likeness (QED) is 0.693. The zero-order chi connectivity index (χ0) is 9.26. The molecule has 0 amide bonds. The zero-order valence-corrected chi connectivity index (χ0v) is 7.73. The zero-order valence-electron chi connectivity index (χ0n) is 6.98. The lowest BCUT2D eigenvalue weighted by atomic mass is 10.4. The van der Waals surface area contributed by atoms with Crippen molar-refractivity contribution in [1.29, 1.82) is 0 Å². The minimum absolute atomic E-state index is 0.562. The predicted octanol–water partition coefficient (Wildman–Crippen LogP) is 1.62. The second-order valence-electron chi connectivity index (χ2n) is 2.56. The van der Waals surface area contributed by atoms with Crippen molar-refractivity contribution in [2.24, 2.45) is 0 Å².